The first-order valence-electron chi connectivity index (χ1n) is 4.98. The van der Waals surface area contributed by atoms with Crippen LogP contribution in [0.4, 0.5) is 4.79 Å². The van der Waals surface area contributed by atoms with Crippen LogP contribution in [0, 0.1) is 0 Å². The van der Waals surface area contributed by atoms with Gasteiger partial charge in [0.1, 0.15) is 5.75 Å². The highest BCUT2D eigenvalue weighted by atomic mass is 35.5. The molecule has 0 saturated heterocycles. The van der Waals surface area contributed by atoms with Gasteiger partial charge in [-0.2, -0.15) is 0 Å². The largest absolute Gasteiger partial charge is 0.478 e. The fraction of sp³-hybridized carbons (Fsp3) is 0.100. The zero-order valence-electron chi connectivity index (χ0n) is 9.79. The third-order valence-corrected chi connectivity index (χ3v) is 4.19. The molecule has 4 N–H and O–H groups in total. The second-order valence-electron chi connectivity index (χ2n) is 3.62. The summed E-state index contributed by atoms with van der Waals surface area (Å²) >= 11 is 5.68. The summed E-state index contributed by atoms with van der Waals surface area (Å²) in [4.78, 5) is 31.9. The Kier molecular flexibility index (Phi) is 4.69. The number of carbonyl (C=O) groups excluding carboxylic acids is 2. The molecular weight excluding hydrogens is 312 g/mol. The van der Waals surface area contributed by atoms with Crippen LogP contribution in [0.15, 0.2) is 23.1 Å². The van der Waals surface area contributed by atoms with Crippen LogP contribution < -0.4 is 11.1 Å². The minimum absolute atomic E-state index is 0.234. The molecule has 0 fully saturated rings. The van der Waals surface area contributed by atoms with Crippen LogP contribution in [0.3, 0.4) is 0 Å². The highest BCUT2D eigenvalue weighted by Gasteiger charge is 2.24. The van der Waals surface area contributed by atoms with Crippen LogP contribution in [-0.2, 0) is 14.6 Å². The molecule has 0 radical (unpaired) electrons. The third kappa shape index (κ3) is 3.93. The van der Waals surface area contributed by atoms with Gasteiger partial charge in [0.2, 0.25) is 5.91 Å². The number of aromatic carboxylic acids is 1. The van der Waals surface area contributed by atoms with Gasteiger partial charge in [-0.1, -0.05) is 11.6 Å². The number of hydrogen-bond donors (Lipinski definition) is 3. The summed E-state index contributed by atoms with van der Waals surface area (Å²) in [5.41, 5.74) is 4.37. The van der Waals surface area contributed by atoms with Crippen LogP contribution in [0.25, 0.3) is 0 Å². The first-order valence-corrected chi connectivity index (χ1v) is 7.01. The maximum Gasteiger partial charge on any atom is 0.335 e. The van der Waals surface area contributed by atoms with Gasteiger partial charge in [-0.3, -0.25) is 10.1 Å². The van der Waals surface area contributed by atoms with Crippen molar-refractivity contribution in [1.82, 2.24) is 5.32 Å². The Morgan fingerprint density at radius 2 is 1.90 bits per heavy atom. The number of carboxylic acid groups (broad SMARTS) is 1. The lowest BCUT2D eigenvalue weighted by Crippen LogP contribution is -2.38. The van der Waals surface area contributed by atoms with Gasteiger partial charge in [0.15, 0.2) is 9.84 Å². The van der Waals surface area contributed by atoms with Crippen molar-refractivity contribution in [2.45, 2.75) is 4.90 Å². The second kappa shape index (κ2) is 5.88. The molecule has 0 aliphatic carbocycles. The Morgan fingerprint density at radius 1 is 1.30 bits per heavy atom. The van der Waals surface area contributed by atoms with E-state index in [4.69, 9.17) is 16.7 Å². The topological polar surface area (TPSA) is 144 Å². The van der Waals surface area contributed by atoms with Crippen molar-refractivity contribution >= 4 is 39.3 Å². The molecule has 20 heavy (non-hydrogen) atoms. The van der Waals surface area contributed by atoms with Gasteiger partial charge in [0.05, 0.1) is 15.5 Å². The van der Waals surface area contributed by atoms with Gasteiger partial charge in [0, 0.05) is 0 Å². The van der Waals surface area contributed by atoms with Crippen molar-refractivity contribution in [3.05, 3.63) is 28.8 Å². The summed E-state index contributed by atoms with van der Waals surface area (Å²) in [6.07, 6.45) is 0. The smallest absolute Gasteiger partial charge is 0.335 e. The molecule has 0 unspecified atom stereocenters. The number of nitrogens with one attached hydrogen (secondary N) is 1. The molecule has 1 rings (SSSR count). The van der Waals surface area contributed by atoms with Crippen molar-refractivity contribution < 1.29 is 27.9 Å². The van der Waals surface area contributed by atoms with Crippen molar-refractivity contribution in [1.29, 1.82) is 0 Å². The predicted octanol–water partition coefficient (Wildman–Crippen LogP) is 0.00680. The lowest BCUT2D eigenvalue weighted by Gasteiger charge is -2.07. The third-order valence-electron chi connectivity index (χ3n) is 2.10. The number of carbonyl (C=O) groups is 3. The van der Waals surface area contributed by atoms with Gasteiger partial charge in [-0.15, -0.1) is 0 Å². The molecule has 1 aromatic carbocycles. The molecule has 0 heterocycles. The fourth-order valence-corrected chi connectivity index (χ4v) is 3.01. The molecule has 0 aromatic heterocycles. The Bertz CT molecular complexity index is 685. The second-order valence-corrected chi connectivity index (χ2v) is 5.99. The minimum Gasteiger partial charge on any atom is -0.478 e. The number of amides is 3. The number of rotatable bonds is 4. The zero-order chi connectivity index (χ0) is 15.5. The first-order chi connectivity index (χ1) is 9.13. The van der Waals surface area contributed by atoms with Crippen molar-refractivity contribution in [3.63, 3.8) is 0 Å². The van der Waals surface area contributed by atoms with E-state index < -0.39 is 38.4 Å². The standard InChI is InChI=1S/C10H9ClN2O6S/c11-6-2-1-5(9(15)16)3-7(6)20(18,19)4-8(14)13-10(12)17/h1-3H,4H2,(H,15,16)(H3,12,13,14,17). The number of benzene rings is 1. The maximum absolute atomic E-state index is 11.9. The SMILES string of the molecule is NC(=O)NC(=O)CS(=O)(=O)c1cc(C(=O)O)ccc1Cl. The Morgan fingerprint density at radius 3 is 2.40 bits per heavy atom. The summed E-state index contributed by atoms with van der Waals surface area (Å²) in [6, 6.07) is 1.84. The van der Waals surface area contributed by atoms with Gasteiger partial charge in [-0.25, -0.2) is 18.0 Å². The monoisotopic (exact) mass is 320 g/mol. The molecule has 1 aromatic rings. The lowest BCUT2D eigenvalue weighted by atomic mass is 10.2. The van der Waals surface area contributed by atoms with Crippen LogP contribution in [0.1, 0.15) is 10.4 Å². The van der Waals surface area contributed by atoms with E-state index in [-0.39, 0.29) is 10.6 Å². The van der Waals surface area contributed by atoms with Crippen LogP contribution in [-0.4, -0.2) is 37.2 Å². The number of imide groups is 1. The van der Waals surface area contributed by atoms with Gasteiger partial charge in [0.25, 0.3) is 0 Å². The number of sulfone groups is 1. The number of primary amides is 1. The summed E-state index contributed by atoms with van der Waals surface area (Å²) in [6.45, 7) is 0. The Hall–Kier alpha value is -2.13. The van der Waals surface area contributed by atoms with E-state index in [1.54, 1.807) is 5.32 Å². The molecule has 108 valence electrons. The van der Waals surface area contributed by atoms with E-state index in [2.05, 4.69) is 5.73 Å². The van der Waals surface area contributed by atoms with Gasteiger partial charge < -0.3 is 10.8 Å². The van der Waals surface area contributed by atoms with E-state index in [0.29, 0.717) is 0 Å². The minimum atomic E-state index is -4.21. The summed E-state index contributed by atoms with van der Waals surface area (Å²) in [5, 5.41) is 10.1. The molecule has 0 bridgehead atoms. The van der Waals surface area contributed by atoms with Gasteiger partial charge >= 0.3 is 12.0 Å². The quantitative estimate of drug-likeness (QED) is 0.712. The number of hydrogen-bond acceptors (Lipinski definition) is 5. The molecule has 0 saturated carbocycles. The van der Waals surface area contributed by atoms with Crippen LogP contribution in [0.5, 0.6) is 0 Å². The number of urea groups is 1. The van der Waals surface area contributed by atoms with Crippen LogP contribution >= 0.6 is 11.6 Å². The average Bonchev–Trinajstić information content (AvgIpc) is 2.26. The highest BCUT2D eigenvalue weighted by Crippen LogP contribution is 2.23. The highest BCUT2D eigenvalue weighted by molar-refractivity contribution is 7.92. The molecule has 8 nitrogen and oxygen atoms in total. The normalized spacial score (nSPS) is 10.8. The van der Waals surface area contributed by atoms with Crippen molar-refractivity contribution in [3.8, 4) is 0 Å². The molecule has 0 spiro atoms. The Balaban J connectivity index is 3.15. The summed E-state index contributed by atoms with van der Waals surface area (Å²) in [5.74, 6) is -3.58. The van der Waals surface area contributed by atoms with E-state index in [1.807, 2.05) is 0 Å². The first kappa shape index (κ1) is 15.9. The maximum atomic E-state index is 11.9. The Labute approximate surface area is 118 Å². The summed E-state index contributed by atoms with van der Waals surface area (Å²) in [7, 11) is -4.21. The molecule has 10 heteroatoms. The summed E-state index contributed by atoms with van der Waals surface area (Å²) < 4.78 is 23.9. The average molecular weight is 321 g/mol. The zero-order valence-corrected chi connectivity index (χ0v) is 11.4. The molecular formula is C10H9ClN2O6S. The number of halogens is 1. The number of carboxylic acids is 1. The number of nitrogens with two attached hydrogens (primary N) is 1. The molecule has 3 amide bonds. The molecule has 0 aliphatic heterocycles. The van der Waals surface area contributed by atoms with Crippen LogP contribution in [0.2, 0.25) is 5.02 Å². The molecule has 0 aliphatic rings. The van der Waals surface area contributed by atoms with E-state index >= 15 is 0 Å². The van der Waals surface area contributed by atoms with E-state index in [0.717, 1.165) is 18.2 Å². The van der Waals surface area contributed by atoms with Crippen molar-refractivity contribution in [2.75, 3.05) is 5.75 Å². The van der Waals surface area contributed by atoms with Gasteiger partial charge in [-0.05, 0) is 18.2 Å². The van der Waals surface area contributed by atoms with E-state index in [9.17, 15) is 22.8 Å². The van der Waals surface area contributed by atoms with E-state index in [1.165, 1.54) is 0 Å². The predicted molar refractivity (Wildman–Crippen MR) is 68.2 cm³/mol. The molecule has 0 atom stereocenters. The lowest BCUT2D eigenvalue weighted by molar-refractivity contribution is -0.117. The van der Waals surface area contributed by atoms with Crippen molar-refractivity contribution in [2.24, 2.45) is 5.73 Å². The fourth-order valence-electron chi connectivity index (χ4n) is 1.30.